The Morgan fingerprint density at radius 2 is 1.92 bits per heavy atom. The van der Waals surface area contributed by atoms with Gasteiger partial charge in [0.05, 0.1) is 0 Å². The summed E-state index contributed by atoms with van der Waals surface area (Å²) < 4.78 is 0. The Kier molecular flexibility index (Phi) is 15.7. The van der Waals surface area contributed by atoms with E-state index >= 15 is 0 Å². The molecule has 0 unspecified atom stereocenters. The minimum Gasteiger partial charge on any atom is -0.391 e. The molecule has 2 nitrogen and oxygen atoms in total. The molecule has 13 heavy (non-hydrogen) atoms. The van der Waals surface area contributed by atoms with E-state index < -0.39 is 0 Å². The molecule has 0 atom stereocenters. The first kappa shape index (κ1) is 14.7. The maximum Gasteiger partial charge on any atom is 0.0107 e. The molecule has 78 valence electrons. The summed E-state index contributed by atoms with van der Waals surface area (Å²) >= 11 is 0. The fraction of sp³-hybridized carbons (Fsp3) is 0.636. The lowest BCUT2D eigenvalue weighted by Crippen LogP contribution is -2.05. The molecule has 0 aromatic carbocycles. The van der Waals surface area contributed by atoms with Crippen LogP contribution in [0.2, 0.25) is 0 Å². The van der Waals surface area contributed by atoms with E-state index in [4.69, 9.17) is 0 Å². The Hall–Kier alpha value is -0.760. The number of hydrogen-bond acceptors (Lipinski definition) is 2. The molecule has 0 aromatic heterocycles. The zero-order chi connectivity index (χ0) is 10.5. The van der Waals surface area contributed by atoms with Crippen LogP contribution < -0.4 is 11.1 Å². The molecule has 1 rings (SSSR count). The van der Waals surface area contributed by atoms with Crippen molar-refractivity contribution >= 4 is 0 Å². The average molecular weight is 184 g/mol. The van der Waals surface area contributed by atoms with E-state index in [1.165, 1.54) is 32.0 Å². The highest BCUT2D eigenvalue weighted by molar-refractivity contribution is 5.15. The van der Waals surface area contributed by atoms with E-state index in [2.05, 4.69) is 43.1 Å². The van der Waals surface area contributed by atoms with Gasteiger partial charge < -0.3 is 11.1 Å². The van der Waals surface area contributed by atoms with Gasteiger partial charge in [-0.25, -0.2) is 0 Å². The van der Waals surface area contributed by atoms with Gasteiger partial charge >= 0.3 is 0 Å². The SMILES string of the molecule is CCC.CN.CNC1=CC=CCC1. The summed E-state index contributed by atoms with van der Waals surface area (Å²) in [5.41, 5.74) is 5.84. The molecule has 0 spiro atoms. The summed E-state index contributed by atoms with van der Waals surface area (Å²) in [6, 6.07) is 0. The molecule has 0 aromatic rings. The highest BCUT2D eigenvalue weighted by Gasteiger charge is 1.92. The quantitative estimate of drug-likeness (QED) is 0.657. The molecule has 1 aliphatic carbocycles. The van der Waals surface area contributed by atoms with Crippen molar-refractivity contribution in [2.75, 3.05) is 14.1 Å². The van der Waals surface area contributed by atoms with Gasteiger partial charge in [-0.15, -0.1) is 0 Å². The van der Waals surface area contributed by atoms with Crippen molar-refractivity contribution in [3.05, 3.63) is 23.9 Å². The van der Waals surface area contributed by atoms with Gasteiger partial charge in [0.1, 0.15) is 0 Å². The topological polar surface area (TPSA) is 38.0 Å². The molecular formula is C11H24N2. The molecule has 0 heterocycles. The molecule has 0 bridgehead atoms. The minimum absolute atomic E-state index is 1.17. The van der Waals surface area contributed by atoms with Gasteiger partial charge in [0, 0.05) is 12.7 Å². The fourth-order valence-electron chi connectivity index (χ4n) is 0.811. The third-order valence-corrected chi connectivity index (χ3v) is 1.33. The number of hydrogen-bond donors (Lipinski definition) is 2. The first-order valence-electron chi connectivity index (χ1n) is 4.96. The molecular weight excluding hydrogens is 160 g/mol. The highest BCUT2D eigenvalue weighted by Crippen LogP contribution is 2.06. The van der Waals surface area contributed by atoms with E-state index in [-0.39, 0.29) is 0 Å². The van der Waals surface area contributed by atoms with Crippen LogP contribution in [0.25, 0.3) is 0 Å². The van der Waals surface area contributed by atoms with E-state index in [1.807, 2.05) is 7.05 Å². The summed E-state index contributed by atoms with van der Waals surface area (Å²) in [4.78, 5) is 0. The summed E-state index contributed by atoms with van der Waals surface area (Å²) in [5.74, 6) is 0. The fourth-order valence-corrected chi connectivity index (χ4v) is 0.811. The number of nitrogens with one attached hydrogen (secondary N) is 1. The molecule has 0 saturated heterocycles. The molecule has 2 heteroatoms. The maximum atomic E-state index is 4.50. The highest BCUT2D eigenvalue weighted by atomic mass is 14.8. The zero-order valence-corrected chi connectivity index (χ0v) is 9.43. The lowest BCUT2D eigenvalue weighted by Gasteiger charge is -2.05. The Balaban J connectivity index is 0. The Labute approximate surface area is 82.9 Å². The van der Waals surface area contributed by atoms with Gasteiger partial charge in [-0.1, -0.05) is 32.4 Å². The summed E-state index contributed by atoms with van der Waals surface area (Å²) in [7, 11) is 3.46. The molecule has 3 N–H and O–H groups in total. The van der Waals surface area contributed by atoms with Crippen LogP contribution in [0.15, 0.2) is 23.9 Å². The van der Waals surface area contributed by atoms with E-state index in [0.717, 1.165) is 0 Å². The molecule has 0 saturated carbocycles. The smallest absolute Gasteiger partial charge is 0.0107 e. The monoisotopic (exact) mass is 184 g/mol. The van der Waals surface area contributed by atoms with Crippen molar-refractivity contribution in [3.63, 3.8) is 0 Å². The lowest BCUT2D eigenvalue weighted by molar-refractivity contribution is 0.841. The standard InChI is InChI=1S/C7H11N.C3H8.CH5N/c1-8-7-5-3-2-4-6-7;1-3-2;1-2/h2-3,5,8H,4,6H2,1H3;3H2,1-2H3;2H2,1H3. The molecule has 0 aliphatic heterocycles. The Morgan fingerprint density at radius 3 is 2.15 bits per heavy atom. The number of nitrogens with two attached hydrogens (primary N) is 1. The van der Waals surface area contributed by atoms with Crippen molar-refractivity contribution < 1.29 is 0 Å². The Morgan fingerprint density at radius 1 is 1.38 bits per heavy atom. The second-order valence-corrected chi connectivity index (χ2v) is 2.62. The third-order valence-electron chi connectivity index (χ3n) is 1.33. The molecule has 1 aliphatic rings. The predicted octanol–water partition coefficient (Wildman–Crippen LogP) is 2.43. The number of allylic oxidation sites excluding steroid dienone is 4. The normalized spacial score (nSPS) is 12.8. The minimum atomic E-state index is 1.17. The molecule has 0 radical (unpaired) electrons. The van der Waals surface area contributed by atoms with Crippen LogP contribution in [0, 0.1) is 0 Å². The van der Waals surface area contributed by atoms with Gasteiger partial charge in [0.2, 0.25) is 0 Å². The van der Waals surface area contributed by atoms with Crippen LogP contribution in [-0.2, 0) is 0 Å². The second kappa shape index (κ2) is 13.8. The van der Waals surface area contributed by atoms with Gasteiger partial charge in [0.25, 0.3) is 0 Å². The van der Waals surface area contributed by atoms with Crippen molar-refractivity contribution in [1.82, 2.24) is 5.32 Å². The third kappa shape index (κ3) is 11.2. The van der Waals surface area contributed by atoms with Gasteiger partial charge in [-0.05, 0) is 26.0 Å². The van der Waals surface area contributed by atoms with Gasteiger partial charge in [0.15, 0.2) is 0 Å². The first-order valence-corrected chi connectivity index (χ1v) is 4.96. The summed E-state index contributed by atoms with van der Waals surface area (Å²) in [5, 5.41) is 3.11. The van der Waals surface area contributed by atoms with E-state index in [0.29, 0.717) is 0 Å². The van der Waals surface area contributed by atoms with Crippen LogP contribution in [0.4, 0.5) is 0 Å². The molecule has 0 amide bonds. The Bertz CT molecular complexity index is 137. The largest absolute Gasteiger partial charge is 0.391 e. The van der Waals surface area contributed by atoms with E-state index in [1.54, 1.807) is 0 Å². The first-order chi connectivity index (χ1) is 6.35. The van der Waals surface area contributed by atoms with Crippen LogP contribution >= 0.6 is 0 Å². The number of rotatable bonds is 1. The van der Waals surface area contributed by atoms with Crippen LogP contribution in [-0.4, -0.2) is 14.1 Å². The van der Waals surface area contributed by atoms with Gasteiger partial charge in [-0.2, -0.15) is 0 Å². The zero-order valence-electron chi connectivity index (χ0n) is 9.43. The maximum absolute atomic E-state index is 4.50. The predicted molar refractivity (Wildman–Crippen MR) is 61.6 cm³/mol. The van der Waals surface area contributed by atoms with Crippen LogP contribution in [0.5, 0.6) is 0 Å². The van der Waals surface area contributed by atoms with Crippen LogP contribution in [0.3, 0.4) is 0 Å². The molecule has 0 fully saturated rings. The summed E-state index contributed by atoms with van der Waals surface area (Å²) in [6.45, 7) is 4.25. The van der Waals surface area contributed by atoms with E-state index in [9.17, 15) is 0 Å². The van der Waals surface area contributed by atoms with Crippen molar-refractivity contribution in [2.45, 2.75) is 33.1 Å². The van der Waals surface area contributed by atoms with Crippen molar-refractivity contribution in [3.8, 4) is 0 Å². The lowest BCUT2D eigenvalue weighted by atomic mass is 10.1. The second-order valence-electron chi connectivity index (χ2n) is 2.62. The summed E-state index contributed by atoms with van der Waals surface area (Å²) in [6.07, 6.45) is 10.00. The van der Waals surface area contributed by atoms with Crippen molar-refractivity contribution in [2.24, 2.45) is 5.73 Å². The van der Waals surface area contributed by atoms with Crippen LogP contribution in [0.1, 0.15) is 33.1 Å². The van der Waals surface area contributed by atoms with Crippen molar-refractivity contribution in [1.29, 1.82) is 0 Å². The average Bonchev–Trinajstić information content (AvgIpc) is 2.23. The van der Waals surface area contributed by atoms with Gasteiger partial charge in [-0.3, -0.25) is 0 Å².